The summed E-state index contributed by atoms with van der Waals surface area (Å²) in [5.74, 6) is -0.240. The number of esters is 1. The van der Waals surface area contributed by atoms with Crippen molar-refractivity contribution < 1.29 is 14.3 Å². The molecule has 0 bridgehead atoms. The van der Waals surface area contributed by atoms with E-state index in [2.05, 4.69) is 0 Å². The SMILES string of the molecule is O=C(OCc1ccccc1)[C@H]1C(Sc2ccccc2)CC2CC(=O)N21. The highest BCUT2D eigenvalue weighted by atomic mass is 32.2. The first-order valence-corrected chi connectivity index (χ1v) is 9.34. The fourth-order valence-corrected chi connectivity index (χ4v) is 4.87. The minimum atomic E-state index is -0.486. The molecule has 3 atom stereocenters. The van der Waals surface area contributed by atoms with Gasteiger partial charge >= 0.3 is 5.97 Å². The van der Waals surface area contributed by atoms with Crippen LogP contribution >= 0.6 is 11.8 Å². The van der Waals surface area contributed by atoms with Crippen LogP contribution in [0.4, 0.5) is 0 Å². The average Bonchev–Trinajstić information content (AvgIpc) is 2.93. The molecule has 2 aromatic rings. The third kappa shape index (κ3) is 3.29. The quantitative estimate of drug-likeness (QED) is 0.611. The first-order chi connectivity index (χ1) is 12.2. The molecule has 0 aromatic heterocycles. The Kier molecular flexibility index (Phi) is 4.49. The van der Waals surface area contributed by atoms with Gasteiger partial charge in [-0.25, -0.2) is 4.79 Å². The molecule has 0 spiro atoms. The molecule has 5 heteroatoms. The summed E-state index contributed by atoms with van der Waals surface area (Å²) < 4.78 is 5.53. The fourth-order valence-electron chi connectivity index (χ4n) is 3.52. The zero-order valence-electron chi connectivity index (χ0n) is 13.7. The monoisotopic (exact) mass is 353 g/mol. The third-order valence-corrected chi connectivity index (χ3v) is 6.04. The van der Waals surface area contributed by atoms with Crippen LogP contribution in [0, 0.1) is 0 Å². The van der Waals surface area contributed by atoms with E-state index in [9.17, 15) is 9.59 Å². The molecule has 25 heavy (non-hydrogen) atoms. The number of carbonyl (C=O) groups is 2. The standard InChI is InChI=1S/C20H19NO3S/c22-18-12-15-11-17(25-16-9-5-2-6-10-16)19(21(15)18)20(23)24-13-14-7-3-1-4-8-14/h1-10,15,17,19H,11-13H2/t15?,17?,19-/m1/s1. The maximum atomic E-state index is 12.7. The molecular weight excluding hydrogens is 334 g/mol. The molecule has 0 aliphatic carbocycles. The largest absolute Gasteiger partial charge is 0.459 e. The number of ether oxygens (including phenoxy) is 1. The first-order valence-electron chi connectivity index (χ1n) is 8.46. The predicted octanol–water partition coefficient (Wildman–Crippen LogP) is 3.26. The van der Waals surface area contributed by atoms with E-state index in [1.807, 2.05) is 60.7 Å². The van der Waals surface area contributed by atoms with Gasteiger partial charge < -0.3 is 9.64 Å². The summed E-state index contributed by atoms with van der Waals surface area (Å²) in [7, 11) is 0. The van der Waals surface area contributed by atoms with E-state index < -0.39 is 6.04 Å². The molecule has 2 heterocycles. The maximum absolute atomic E-state index is 12.7. The molecular formula is C20H19NO3S. The van der Waals surface area contributed by atoms with Gasteiger partial charge in [0.15, 0.2) is 0 Å². The Labute approximate surface area is 151 Å². The maximum Gasteiger partial charge on any atom is 0.330 e. The van der Waals surface area contributed by atoms with Crippen LogP contribution in [0.25, 0.3) is 0 Å². The molecule has 2 aliphatic rings. The van der Waals surface area contributed by atoms with Crippen LogP contribution in [-0.2, 0) is 20.9 Å². The molecule has 2 fully saturated rings. The zero-order chi connectivity index (χ0) is 17.2. The number of rotatable bonds is 5. The molecule has 128 valence electrons. The highest BCUT2D eigenvalue weighted by molar-refractivity contribution is 8.00. The van der Waals surface area contributed by atoms with Crippen molar-refractivity contribution >= 4 is 23.6 Å². The lowest BCUT2D eigenvalue weighted by Gasteiger charge is -2.37. The topological polar surface area (TPSA) is 46.6 Å². The Morgan fingerprint density at radius 1 is 1.08 bits per heavy atom. The Balaban J connectivity index is 1.47. The average molecular weight is 353 g/mol. The number of hydrogen-bond donors (Lipinski definition) is 0. The summed E-state index contributed by atoms with van der Waals surface area (Å²) >= 11 is 1.66. The summed E-state index contributed by atoms with van der Waals surface area (Å²) in [5, 5.41) is 0.0436. The van der Waals surface area contributed by atoms with Crippen molar-refractivity contribution in [3.63, 3.8) is 0 Å². The Hall–Kier alpha value is -2.27. The summed E-state index contributed by atoms with van der Waals surface area (Å²) in [4.78, 5) is 27.6. The number of amides is 1. The second-order valence-electron chi connectivity index (χ2n) is 6.40. The second-order valence-corrected chi connectivity index (χ2v) is 7.71. The molecule has 4 rings (SSSR count). The smallest absolute Gasteiger partial charge is 0.330 e. The van der Waals surface area contributed by atoms with Crippen molar-refractivity contribution in [1.29, 1.82) is 0 Å². The highest BCUT2D eigenvalue weighted by Crippen LogP contribution is 2.43. The highest BCUT2D eigenvalue weighted by Gasteiger charge is 2.54. The van der Waals surface area contributed by atoms with Crippen molar-refractivity contribution in [2.45, 2.75) is 41.7 Å². The van der Waals surface area contributed by atoms with Crippen LogP contribution in [-0.4, -0.2) is 34.1 Å². The fraction of sp³-hybridized carbons (Fsp3) is 0.300. The summed E-state index contributed by atoms with van der Waals surface area (Å²) in [6.07, 6.45) is 1.39. The molecule has 2 aliphatic heterocycles. The lowest BCUT2D eigenvalue weighted by molar-refractivity contribution is -0.161. The molecule has 0 N–H and O–H groups in total. The van der Waals surface area contributed by atoms with E-state index >= 15 is 0 Å². The van der Waals surface area contributed by atoms with Gasteiger partial charge in [-0.05, 0) is 24.1 Å². The van der Waals surface area contributed by atoms with E-state index in [1.165, 1.54) is 0 Å². The van der Waals surface area contributed by atoms with Crippen LogP contribution in [0.5, 0.6) is 0 Å². The van der Waals surface area contributed by atoms with Gasteiger partial charge in [0.1, 0.15) is 12.6 Å². The van der Waals surface area contributed by atoms with Crippen LogP contribution in [0.3, 0.4) is 0 Å². The van der Waals surface area contributed by atoms with Gasteiger partial charge in [0, 0.05) is 22.6 Å². The van der Waals surface area contributed by atoms with Crippen molar-refractivity contribution in [2.75, 3.05) is 0 Å². The third-order valence-electron chi connectivity index (χ3n) is 4.74. The van der Waals surface area contributed by atoms with Gasteiger partial charge in [-0.2, -0.15) is 0 Å². The van der Waals surface area contributed by atoms with Gasteiger partial charge in [0.25, 0.3) is 0 Å². The number of nitrogens with zero attached hydrogens (tertiary/aromatic N) is 1. The van der Waals surface area contributed by atoms with Gasteiger partial charge in [-0.1, -0.05) is 48.5 Å². The number of benzene rings is 2. The molecule has 2 aromatic carbocycles. The predicted molar refractivity (Wildman–Crippen MR) is 96.0 cm³/mol. The second kappa shape index (κ2) is 6.92. The molecule has 0 radical (unpaired) electrons. The van der Waals surface area contributed by atoms with E-state index in [1.54, 1.807) is 16.7 Å². The lowest BCUT2D eigenvalue weighted by Crippen LogP contribution is -2.55. The Morgan fingerprint density at radius 2 is 1.76 bits per heavy atom. The summed E-state index contributed by atoms with van der Waals surface area (Å²) in [6, 6.07) is 19.3. The number of β-lactam (4-membered cyclic amide) rings is 1. The molecule has 2 unspecified atom stereocenters. The Morgan fingerprint density at radius 3 is 2.44 bits per heavy atom. The molecule has 0 saturated carbocycles. The first kappa shape index (κ1) is 16.2. The number of thioether (sulfide) groups is 1. The number of carbonyl (C=O) groups excluding carboxylic acids is 2. The van der Waals surface area contributed by atoms with Crippen molar-refractivity contribution in [2.24, 2.45) is 0 Å². The minimum absolute atomic E-state index is 0.0436. The van der Waals surface area contributed by atoms with Crippen LogP contribution in [0.2, 0.25) is 0 Å². The van der Waals surface area contributed by atoms with E-state index in [-0.39, 0.29) is 29.8 Å². The Bertz CT molecular complexity index is 765. The van der Waals surface area contributed by atoms with E-state index in [0.29, 0.717) is 6.42 Å². The van der Waals surface area contributed by atoms with E-state index in [0.717, 1.165) is 16.9 Å². The molecule has 1 amide bonds. The normalized spacial score (nSPS) is 24.6. The van der Waals surface area contributed by atoms with Crippen LogP contribution < -0.4 is 0 Å². The number of hydrogen-bond acceptors (Lipinski definition) is 4. The number of fused-ring (bicyclic) bond motifs is 1. The van der Waals surface area contributed by atoms with Gasteiger partial charge in [-0.3, -0.25) is 4.79 Å². The van der Waals surface area contributed by atoms with Gasteiger partial charge in [-0.15, -0.1) is 11.8 Å². The van der Waals surface area contributed by atoms with Crippen LogP contribution in [0.15, 0.2) is 65.6 Å². The van der Waals surface area contributed by atoms with Crippen molar-refractivity contribution in [3.05, 3.63) is 66.2 Å². The zero-order valence-corrected chi connectivity index (χ0v) is 14.5. The molecule has 4 nitrogen and oxygen atoms in total. The summed E-state index contributed by atoms with van der Waals surface area (Å²) in [5.41, 5.74) is 0.951. The van der Waals surface area contributed by atoms with Gasteiger partial charge in [0.05, 0.1) is 0 Å². The van der Waals surface area contributed by atoms with E-state index in [4.69, 9.17) is 4.74 Å². The lowest BCUT2D eigenvalue weighted by atomic mass is 10.0. The van der Waals surface area contributed by atoms with Crippen molar-refractivity contribution in [3.8, 4) is 0 Å². The van der Waals surface area contributed by atoms with Gasteiger partial charge in [0.2, 0.25) is 5.91 Å². The summed E-state index contributed by atoms with van der Waals surface area (Å²) in [6.45, 7) is 0.242. The van der Waals surface area contributed by atoms with Crippen LogP contribution in [0.1, 0.15) is 18.4 Å². The minimum Gasteiger partial charge on any atom is -0.459 e. The molecule has 2 saturated heterocycles. The van der Waals surface area contributed by atoms with Crippen molar-refractivity contribution in [1.82, 2.24) is 4.90 Å².